The summed E-state index contributed by atoms with van der Waals surface area (Å²) in [6.07, 6.45) is 2.91. The summed E-state index contributed by atoms with van der Waals surface area (Å²) in [6.45, 7) is 0. The largest absolute Gasteiger partial charge is 0.457 e. The first kappa shape index (κ1) is 24.2. The summed E-state index contributed by atoms with van der Waals surface area (Å²) in [4.78, 5) is 17.2. The van der Waals surface area contributed by atoms with Gasteiger partial charge in [-0.05, 0) is 72.9 Å². The van der Waals surface area contributed by atoms with E-state index < -0.39 is 5.91 Å². The molecule has 0 spiro atoms. The Balaban J connectivity index is 1.24. The summed E-state index contributed by atoms with van der Waals surface area (Å²) >= 11 is 19.1. The molecular weight excluding hydrogens is 533 g/mol. The van der Waals surface area contributed by atoms with Gasteiger partial charge in [0.25, 0.3) is 0 Å². The molecule has 5 rings (SSSR count). The molecule has 0 aliphatic heterocycles. The van der Waals surface area contributed by atoms with Gasteiger partial charge in [0.1, 0.15) is 16.5 Å². The zero-order valence-electron chi connectivity index (χ0n) is 18.5. The number of carbonyl (C=O) groups is 1. The number of benzene rings is 3. The second kappa shape index (κ2) is 10.6. The summed E-state index contributed by atoms with van der Waals surface area (Å²) in [7, 11) is 0. The van der Waals surface area contributed by atoms with E-state index in [4.69, 9.17) is 44.8 Å². The predicted octanol–water partition coefficient (Wildman–Crippen LogP) is 8.06. The smallest absolute Gasteiger partial charge is 0.250 e. The van der Waals surface area contributed by atoms with Crippen LogP contribution < -0.4 is 10.6 Å². The van der Waals surface area contributed by atoms with Crippen LogP contribution in [0.5, 0.6) is 0 Å². The molecule has 0 aliphatic carbocycles. The molecule has 0 saturated heterocycles. The maximum Gasteiger partial charge on any atom is 0.250 e. The highest BCUT2D eigenvalue weighted by Gasteiger charge is 2.12. The first-order chi connectivity index (χ1) is 17.4. The number of anilines is 1. The molecule has 0 fully saturated rings. The number of para-hydroxylation sites is 2. The van der Waals surface area contributed by atoms with E-state index in [1.807, 2.05) is 48.5 Å². The van der Waals surface area contributed by atoms with Crippen LogP contribution in [0.4, 0.5) is 5.69 Å². The third-order valence-electron chi connectivity index (χ3n) is 5.11. The molecule has 9 heteroatoms. The van der Waals surface area contributed by atoms with E-state index in [1.165, 1.54) is 6.08 Å². The zero-order chi connectivity index (χ0) is 25.1. The van der Waals surface area contributed by atoms with Crippen LogP contribution in [0.25, 0.3) is 38.2 Å². The SMILES string of the molecule is O=C(/C=C/c1ccc(-c2cc(Cl)cc(Cl)c2)o1)NC(=S)Nc1ccccc1-c1nc2ccccc2s1. The highest BCUT2D eigenvalue weighted by atomic mass is 35.5. The fourth-order valence-electron chi connectivity index (χ4n) is 3.52. The van der Waals surface area contributed by atoms with Crippen molar-refractivity contribution in [1.82, 2.24) is 10.3 Å². The molecule has 178 valence electrons. The van der Waals surface area contributed by atoms with Crippen LogP contribution in [0.15, 0.2) is 89.4 Å². The van der Waals surface area contributed by atoms with Gasteiger partial charge in [-0.1, -0.05) is 47.5 Å². The number of aromatic nitrogens is 1. The standard InChI is InChI=1S/C27H17Cl2N3O2S2/c28-17-13-16(14-18(29)15-17)23-11-9-19(34-23)10-12-25(33)32-27(35)31-21-6-2-1-5-20(21)26-30-22-7-3-4-8-24(22)36-26/h1-15H,(H2,31,32,33,35)/b12-10+. The highest BCUT2D eigenvalue weighted by Crippen LogP contribution is 2.34. The van der Waals surface area contributed by atoms with Gasteiger partial charge in [-0.25, -0.2) is 4.98 Å². The normalized spacial score (nSPS) is 11.2. The molecule has 0 saturated carbocycles. The lowest BCUT2D eigenvalue weighted by atomic mass is 10.2. The van der Waals surface area contributed by atoms with Crippen LogP contribution in [0.3, 0.4) is 0 Å². The van der Waals surface area contributed by atoms with Crippen molar-refractivity contribution in [2.24, 2.45) is 0 Å². The molecule has 2 aromatic heterocycles. The average molecular weight is 550 g/mol. The van der Waals surface area contributed by atoms with Crippen LogP contribution in [0.1, 0.15) is 5.76 Å². The van der Waals surface area contributed by atoms with Gasteiger partial charge in [0.2, 0.25) is 5.91 Å². The Hall–Kier alpha value is -3.49. The number of carbonyl (C=O) groups excluding carboxylic acids is 1. The first-order valence-corrected chi connectivity index (χ1v) is 12.7. The van der Waals surface area contributed by atoms with E-state index in [9.17, 15) is 4.79 Å². The zero-order valence-corrected chi connectivity index (χ0v) is 21.6. The number of hydrogen-bond acceptors (Lipinski definition) is 5. The molecule has 36 heavy (non-hydrogen) atoms. The van der Waals surface area contributed by atoms with E-state index in [2.05, 4.69) is 10.6 Å². The lowest BCUT2D eigenvalue weighted by Crippen LogP contribution is -2.32. The third-order valence-corrected chi connectivity index (χ3v) is 6.82. The van der Waals surface area contributed by atoms with Gasteiger partial charge in [0.15, 0.2) is 5.11 Å². The Morgan fingerprint density at radius 3 is 2.53 bits per heavy atom. The number of thiocarbonyl (C=S) groups is 1. The van der Waals surface area contributed by atoms with Crippen LogP contribution in [0.2, 0.25) is 10.0 Å². The van der Waals surface area contributed by atoms with Gasteiger partial charge in [0, 0.05) is 27.2 Å². The van der Waals surface area contributed by atoms with Gasteiger partial charge < -0.3 is 9.73 Å². The highest BCUT2D eigenvalue weighted by molar-refractivity contribution is 7.80. The van der Waals surface area contributed by atoms with Crippen LogP contribution in [-0.4, -0.2) is 16.0 Å². The van der Waals surface area contributed by atoms with Gasteiger partial charge in [0.05, 0.1) is 15.9 Å². The number of thiazole rings is 1. The van der Waals surface area contributed by atoms with Crippen LogP contribution in [-0.2, 0) is 4.79 Å². The Morgan fingerprint density at radius 2 is 1.72 bits per heavy atom. The molecule has 0 radical (unpaired) electrons. The molecule has 0 bridgehead atoms. The van der Waals surface area contributed by atoms with E-state index in [0.717, 1.165) is 32.0 Å². The van der Waals surface area contributed by atoms with Gasteiger partial charge in [-0.15, -0.1) is 11.3 Å². The second-order valence-corrected chi connectivity index (χ2v) is 9.98. The topological polar surface area (TPSA) is 67.2 Å². The van der Waals surface area contributed by atoms with Crippen molar-refractivity contribution in [2.75, 3.05) is 5.32 Å². The molecule has 0 atom stereocenters. The van der Waals surface area contributed by atoms with Crippen molar-refractivity contribution >= 4 is 79.8 Å². The molecule has 2 N–H and O–H groups in total. The number of rotatable bonds is 5. The minimum Gasteiger partial charge on any atom is -0.457 e. The lowest BCUT2D eigenvalue weighted by molar-refractivity contribution is -0.115. The number of furan rings is 1. The van der Waals surface area contributed by atoms with E-state index in [0.29, 0.717) is 21.6 Å². The molecule has 2 heterocycles. The lowest BCUT2D eigenvalue weighted by Gasteiger charge is -2.11. The Morgan fingerprint density at radius 1 is 0.972 bits per heavy atom. The summed E-state index contributed by atoms with van der Waals surface area (Å²) in [5.41, 5.74) is 3.33. The molecule has 5 aromatic rings. The van der Waals surface area contributed by atoms with Crippen molar-refractivity contribution < 1.29 is 9.21 Å². The fraction of sp³-hybridized carbons (Fsp3) is 0. The van der Waals surface area contributed by atoms with Crippen molar-refractivity contribution in [2.45, 2.75) is 0 Å². The van der Waals surface area contributed by atoms with Crippen molar-refractivity contribution in [3.8, 4) is 21.9 Å². The van der Waals surface area contributed by atoms with E-state index in [-0.39, 0.29) is 5.11 Å². The van der Waals surface area contributed by atoms with Gasteiger partial charge in [-0.3, -0.25) is 10.1 Å². The predicted molar refractivity (Wildman–Crippen MR) is 153 cm³/mol. The summed E-state index contributed by atoms with van der Waals surface area (Å²) in [6, 6.07) is 24.3. The maximum absolute atomic E-state index is 12.4. The van der Waals surface area contributed by atoms with Gasteiger partial charge in [-0.2, -0.15) is 0 Å². The molecule has 5 nitrogen and oxygen atoms in total. The Kier molecular flexibility index (Phi) is 7.16. The van der Waals surface area contributed by atoms with E-state index >= 15 is 0 Å². The van der Waals surface area contributed by atoms with Crippen LogP contribution in [0, 0.1) is 0 Å². The summed E-state index contributed by atoms with van der Waals surface area (Å²) < 4.78 is 6.88. The Bertz CT molecular complexity index is 1570. The number of nitrogens with one attached hydrogen (secondary N) is 2. The monoisotopic (exact) mass is 549 g/mol. The average Bonchev–Trinajstić information content (AvgIpc) is 3.50. The second-order valence-electron chi connectivity index (χ2n) is 7.67. The van der Waals surface area contributed by atoms with Crippen molar-refractivity contribution in [3.05, 3.63) is 101 Å². The number of amides is 1. The number of halogens is 2. The third kappa shape index (κ3) is 5.66. The first-order valence-electron chi connectivity index (χ1n) is 10.8. The summed E-state index contributed by atoms with van der Waals surface area (Å²) in [5.74, 6) is 0.688. The van der Waals surface area contributed by atoms with Crippen molar-refractivity contribution in [1.29, 1.82) is 0 Å². The molecule has 0 aliphatic rings. The molecular formula is C27H17Cl2N3O2S2. The minimum absolute atomic E-state index is 0.173. The fourth-order valence-corrected chi connectivity index (χ4v) is 5.27. The number of hydrogen-bond donors (Lipinski definition) is 2. The maximum atomic E-state index is 12.4. The van der Waals surface area contributed by atoms with E-state index in [1.54, 1.807) is 47.7 Å². The number of nitrogens with zero attached hydrogens (tertiary/aromatic N) is 1. The molecule has 0 unspecified atom stereocenters. The van der Waals surface area contributed by atoms with Crippen molar-refractivity contribution in [3.63, 3.8) is 0 Å². The van der Waals surface area contributed by atoms with Gasteiger partial charge >= 0.3 is 0 Å². The van der Waals surface area contributed by atoms with Crippen LogP contribution >= 0.6 is 46.8 Å². The summed E-state index contributed by atoms with van der Waals surface area (Å²) in [5, 5.41) is 7.82. The molecule has 1 amide bonds. The quantitative estimate of drug-likeness (QED) is 0.171. The Labute approximate surface area is 226 Å². The minimum atomic E-state index is -0.395. The number of fused-ring (bicyclic) bond motifs is 1. The molecule has 3 aromatic carbocycles.